The summed E-state index contributed by atoms with van der Waals surface area (Å²) in [7, 11) is 4.11. The van der Waals surface area contributed by atoms with E-state index in [1.54, 1.807) is 0 Å². The van der Waals surface area contributed by atoms with E-state index in [0.29, 0.717) is 6.10 Å². The molecule has 2 nitrogen and oxygen atoms in total. The molecule has 0 aromatic heterocycles. The summed E-state index contributed by atoms with van der Waals surface area (Å²) in [6.45, 7) is 0.880. The number of ether oxygens (including phenoxy) is 1. The Hall–Kier alpha value is -1.02. The molecule has 2 rings (SSSR count). The Morgan fingerprint density at radius 3 is 2.58 bits per heavy atom. The minimum Gasteiger partial charge on any atom is -0.377 e. The molecule has 2 heteroatoms. The first-order valence-electron chi connectivity index (χ1n) is 4.17. The highest BCUT2D eigenvalue weighted by Crippen LogP contribution is 2.35. The summed E-state index contributed by atoms with van der Waals surface area (Å²) in [5, 5.41) is 0. The lowest BCUT2D eigenvalue weighted by molar-refractivity contribution is 0.416. The van der Waals surface area contributed by atoms with Crippen molar-refractivity contribution in [3.63, 3.8) is 0 Å². The van der Waals surface area contributed by atoms with Crippen LogP contribution in [0.15, 0.2) is 24.3 Å². The molecule has 1 aromatic rings. The normalized spacial score (nSPS) is 20.7. The first kappa shape index (κ1) is 7.62. The zero-order valence-corrected chi connectivity index (χ0v) is 7.45. The maximum atomic E-state index is 5.26. The van der Waals surface area contributed by atoms with E-state index in [-0.39, 0.29) is 0 Å². The van der Waals surface area contributed by atoms with E-state index < -0.39 is 0 Å². The van der Waals surface area contributed by atoms with Crippen LogP contribution in [0.1, 0.15) is 11.7 Å². The molecule has 1 fully saturated rings. The minimum atomic E-state index is 0.351. The molecule has 64 valence electrons. The summed E-state index contributed by atoms with van der Waals surface area (Å²) in [6.07, 6.45) is 0.351. The maximum absolute atomic E-state index is 5.26. The predicted octanol–water partition coefficient (Wildman–Crippen LogP) is 1.82. The third-order valence-electron chi connectivity index (χ3n) is 2.10. The van der Waals surface area contributed by atoms with Gasteiger partial charge in [-0.1, -0.05) is 18.2 Å². The van der Waals surface area contributed by atoms with Gasteiger partial charge in [0.05, 0.1) is 6.61 Å². The van der Waals surface area contributed by atoms with Crippen LogP contribution in [0.25, 0.3) is 0 Å². The fraction of sp³-hybridized carbons (Fsp3) is 0.400. The monoisotopic (exact) mass is 163 g/mol. The average Bonchev–Trinajstić information content (AvgIpc) is 2.87. The van der Waals surface area contributed by atoms with Crippen molar-refractivity contribution in [2.75, 3.05) is 25.6 Å². The number of hydrogen-bond donors (Lipinski definition) is 0. The minimum absolute atomic E-state index is 0.351. The Morgan fingerprint density at radius 2 is 2.00 bits per heavy atom. The summed E-state index contributed by atoms with van der Waals surface area (Å²) in [5.74, 6) is 0. The summed E-state index contributed by atoms with van der Waals surface area (Å²) in [4.78, 5) is 2.12. The van der Waals surface area contributed by atoms with E-state index in [0.717, 1.165) is 6.61 Å². The number of para-hydroxylation sites is 1. The van der Waals surface area contributed by atoms with Gasteiger partial charge in [0, 0.05) is 25.3 Å². The molecule has 0 amide bonds. The molecule has 0 aliphatic carbocycles. The lowest BCUT2D eigenvalue weighted by Crippen LogP contribution is -2.10. The van der Waals surface area contributed by atoms with E-state index in [2.05, 4.69) is 43.3 Å². The first-order valence-corrected chi connectivity index (χ1v) is 4.17. The van der Waals surface area contributed by atoms with Gasteiger partial charge in [0.1, 0.15) is 6.10 Å². The zero-order chi connectivity index (χ0) is 8.55. The molecule has 0 N–H and O–H groups in total. The maximum Gasteiger partial charge on any atom is 0.108 e. The zero-order valence-electron chi connectivity index (χ0n) is 7.45. The second kappa shape index (κ2) is 2.79. The van der Waals surface area contributed by atoms with Gasteiger partial charge < -0.3 is 9.64 Å². The summed E-state index contributed by atoms with van der Waals surface area (Å²) in [6, 6.07) is 8.37. The number of epoxide rings is 1. The molecular weight excluding hydrogens is 150 g/mol. The highest BCUT2D eigenvalue weighted by Gasteiger charge is 2.27. The molecular formula is C10H13NO. The van der Waals surface area contributed by atoms with Gasteiger partial charge in [0.25, 0.3) is 0 Å². The molecule has 0 radical (unpaired) electrons. The fourth-order valence-electron chi connectivity index (χ4n) is 1.39. The van der Waals surface area contributed by atoms with Crippen LogP contribution in [0.5, 0.6) is 0 Å². The van der Waals surface area contributed by atoms with Crippen LogP contribution in [-0.2, 0) is 4.74 Å². The highest BCUT2D eigenvalue weighted by molar-refractivity contribution is 5.54. The fourth-order valence-corrected chi connectivity index (χ4v) is 1.39. The van der Waals surface area contributed by atoms with E-state index in [1.807, 2.05) is 0 Å². The topological polar surface area (TPSA) is 15.8 Å². The van der Waals surface area contributed by atoms with Gasteiger partial charge in [-0.3, -0.25) is 0 Å². The van der Waals surface area contributed by atoms with Crippen molar-refractivity contribution in [2.24, 2.45) is 0 Å². The van der Waals surface area contributed by atoms with E-state index >= 15 is 0 Å². The first-order chi connectivity index (χ1) is 5.79. The van der Waals surface area contributed by atoms with Gasteiger partial charge in [0.2, 0.25) is 0 Å². The lowest BCUT2D eigenvalue weighted by atomic mass is 10.1. The highest BCUT2D eigenvalue weighted by atomic mass is 16.6. The van der Waals surface area contributed by atoms with Gasteiger partial charge in [0.15, 0.2) is 0 Å². The van der Waals surface area contributed by atoms with Crippen LogP contribution in [0.2, 0.25) is 0 Å². The molecule has 1 saturated heterocycles. The van der Waals surface area contributed by atoms with Crippen molar-refractivity contribution in [1.82, 2.24) is 0 Å². The van der Waals surface area contributed by atoms with Crippen molar-refractivity contribution < 1.29 is 4.74 Å². The van der Waals surface area contributed by atoms with Crippen LogP contribution in [0.4, 0.5) is 5.69 Å². The van der Waals surface area contributed by atoms with E-state index in [4.69, 9.17) is 4.74 Å². The Kier molecular flexibility index (Phi) is 1.77. The molecule has 1 aliphatic heterocycles. The van der Waals surface area contributed by atoms with E-state index in [9.17, 15) is 0 Å². The SMILES string of the molecule is CN(C)c1ccccc1[C@@H]1CO1. The number of rotatable bonds is 2. The summed E-state index contributed by atoms with van der Waals surface area (Å²) < 4.78 is 5.26. The number of hydrogen-bond acceptors (Lipinski definition) is 2. The Balaban J connectivity index is 2.36. The van der Waals surface area contributed by atoms with Gasteiger partial charge in [-0.15, -0.1) is 0 Å². The predicted molar refractivity (Wildman–Crippen MR) is 49.5 cm³/mol. The smallest absolute Gasteiger partial charge is 0.108 e. The molecule has 0 bridgehead atoms. The molecule has 0 spiro atoms. The van der Waals surface area contributed by atoms with Crippen molar-refractivity contribution in [2.45, 2.75) is 6.10 Å². The van der Waals surface area contributed by atoms with Crippen LogP contribution in [0.3, 0.4) is 0 Å². The van der Waals surface area contributed by atoms with Crippen LogP contribution >= 0.6 is 0 Å². The molecule has 1 atom stereocenters. The molecule has 0 unspecified atom stereocenters. The van der Waals surface area contributed by atoms with E-state index in [1.165, 1.54) is 11.3 Å². The second-order valence-electron chi connectivity index (χ2n) is 3.28. The van der Waals surface area contributed by atoms with Crippen molar-refractivity contribution in [3.8, 4) is 0 Å². The molecule has 1 aromatic carbocycles. The summed E-state index contributed by atoms with van der Waals surface area (Å²) >= 11 is 0. The van der Waals surface area contributed by atoms with Crippen molar-refractivity contribution in [1.29, 1.82) is 0 Å². The van der Waals surface area contributed by atoms with Crippen LogP contribution in [0, 0.1) is 0 Å². The van der Waals surface area contributed by atoms with Gasteiger partial charge in [-0.25, -0.2) is 0 Å². The van der Waals surface area contributed by atoms with Crippen LogP contribution in [-0.4, -0.2) is 20.7 Å². The third kappa shape index (κ3) is 1.30. The lowest BCUT2D eigenvalue weighted by Gasteiger charge is -2.15. The average molecular weight is 163 g/mol. The Bertz CT molecular complexity index is 258. The van der Waals surface area contributed by atoms with Gasteiger partial charge >= 0.3 is 0 Å². The number of anilines is 1. The molecule has 12 heavy (non-hydrogen) atoms. The van der Waals surface area contributed by atoms with Crippen molar-refractivity contribution in [3.05, 3.63) is 29.8 Å². The number of nitrogens with zero attached hydrogens (tertiary/aromatic N) is 1. The molecule has 1 heterocycles. The molecule has 1 aliphatic rings. The number of benzene rings is 1. The second-order valence-corrected chi connectivity index (χ2v) is 3.28. The third-order valence-corrected chi connectivity index (χ3v) is 2.10. The largest absolute Gasteiger partial charge is 0.377 e. The van der Waals surface area contributed by atoms with Gasteiger partial charge in [-0.2, -0.15) is 0 Å². The molecule has 0 saturated carbocycles. The quantitative estimate of drug-likeness (QED) is 0.618. The van der Waals surface area contributed by atoms with Crippen LogP contribution < -0.4 is 4.90 Å². The Morgan fingerprint density at radius 1 is 1.33 bits per heavy atom. The van der Waals surface area contributed by atoms with Gasteiger partial charge in [-0.05, 0) is 6.07 Å². The standard InChI is InChI=1S/C10H13NO/c1-11(2)9-6-4-3-5-8(9)10-7-12-10/h3-6,10H,7H2,1-2H3/t10-/m0/s1. The Labute approximate surface area is 72.8 Å². The summed E-state index contributed by atoms with van der Waals surface area (Å²) in [5.41, 5.74) is 2.57. The van der Waals surface area contributed by atoms with Crippen molar-refractivity contribution >= 4 is 5.69 Å².